The van der Waals surface area contributed by atoms with E-state index in [1.807, 2.05) is 48.5 Å². The maximum absolute atomic E-state index is 6.52. The van der Waals surface area contributed by atoms with Crippen LogP contribution in [-0.2, 0) is 5.60 Å². The highest BCUT2D eigenvalue weighted by atomic mass is 16.5. The van der Waals surface area contributed by atoms with E-state index in [9.17, 15) is 0 Å². The number of aromatic nitrogens is 3. The molecule has 0 radical (unpaired) electrons. The summed E-state index contributed by atoms with van der Waals surface area (Å²) in [6, 6.07) is 56.9. The maximum Gasteiger partial charge on any atom is 0.164 e. The molecule has 0 bridgehead atoms. The van der Waals surface area contributed by atoms with Crippen LogP contribution in [-0.4, -0.2) is 15.0 Å². The van der Waals surface area contributed by atoms with Crippen molar-refractivity contribution in [1.29, 1.82) is 0 Å². The Bertz CT molecular complexity index is 2520. The largest absolute Gasteiger partial charge is 0.482 e. The summed E-state index contributed by atoms with van der Waals surface area (Å²) in [6.45, 7) is 4.28. The normalized spacial score (nSPS) is 12.9. The highest BCUT2D eigenvalue weighted by Crippen LogP contribution is 2.46. The van der Waals surface area contributed by atoms with Crippen molar-refractivity contribution >= 4 is 10.8 Å². The SMILES string of the molecule is CC1(C)Oc2ccccc2-c2ccc(-c3cc(-c4nc(-c5ccccc5)nc(-c5ccc(-c6ccccc6)cc5)n4)c4ccccc4c3)cc21. The Kier molecular flexibility index (Phi) is 7.10. The highest BCUT2D eigenvalue weighted by molar-refractivity contribution is 5.99. The molecule has 1 aliphatic rings. The van der Waals surface area contributed by atoms with E-state index in [1.165, 1.54) is 11.1 Å². The highest BCUT2D eigenvalue weighted by Gasteiger charge is 2.32. The number of para-hydroxylation sites is 1. The van der Waals surface area contributed by atoms with Gasteiger partial charge in [-0.2, -0.15) is 0 Å². The molecular weight excluding hydrogens is 611 g/mol. The summed E-state index contributed by atoms with van der Waals surface area (Å²) in [6.07, 6.45) is 0. The number of rotatable bonds is 5. The Hall–Kier alpha value is -6.39. The first-order valence-corrected chi connectivity index (χ1v) is 16.9. The molecule has 4 nitrogen and oxygen atoms in total. The lowest BCUT2D eigenvalue weighted by Crippen LogP contribution is -2.29. The Labute approximate surface area is 291 Å². The van der Waals surface area contributed by atoms with Crippen molar-refractivity contribution in [3.8, 4) is 73.3 Å². The van der Waals surface area contributed by atoms with E-state index >= 15 is 0 Å². The summed E-state index contributed by atoms with van der Waals surface area (Å²) >= 11 is 0. The number of fused-ring (bicyclic) bond motifs is 4. The molecule has 0 atom stereocenters. The van der Waals surface area contributed by atoms with E-state index in [1.54, 1.807) is 0 Å². The molecule has 50 heavy (non-hydrogen) atoms. The van der Waals surface area contributed by atoms with E-state index < -0.39 is 5.60 Å². The molecule has 2 heterocycles. The van der Waals surface area contributed by atoms with Gasteiger partial charge in [0, 0.05) is 27.8 Å². The van der Waals surface area contributed by atoms with Gasteiger partial charge in [-0.15, -0.1) is 0 Å². The van der Waals surface area contributed by atoms with E-state index in [0.717, 1.165) is 61.0 Å². The van der Waals surface area contributed by atoms with Crippen LogP contribution >= 0.6 is 0 Å². The van der Waals surface area contributed by atoms with Gasteiger partial charge in [-0.05, 0) is 76.7 Å². The lowest BCUT2D eigenvalue weighted by Gasteiger charge is -2.35. The van der Waals surface area contributed by atoms with Gasteiger partial charge in [0.25, 0.3) is 0 Å². The molecule has 238 valence electrons. The zero-order valence-corrected chi connectivity index (χ0v) is 27.8. The van der Waals surface area contributed by atoms with Gasteiger partial charge in [0.05, 0.1) is 0 Å². The third kappa shape index (κ3) is 5.32. The molecule has 7 aromatic carbocycles. The smallest absolute Gasteiger partial charge is 0.164 e. The average molecular weight is 644 g/mol. The molecule has 0 aliphatic carbocycles. The maximum atomic E-state index is 6.52. The standard InChI is InChI=1S/C46H33N3O/c1-46(2)41-29-34(25-26-38(41)39-19-11-12-20-42(39)50-46)36-27-35-17-9-10-18-37(35)40(28-36)45-48-43(32-15-7-4-8-16-32)47-44(49-45)33-23-21-31(22-24-33)30-13-5-3-6-14-30/h3-29H,1-2H3. The second-order valence-electron chi connectivity index (χ2n) is 13.2. The third-order valence-corrected chi connectivity index (χ3v) is 9.56. The van der Waals surface area contributed by atoms with Crippen LogP contribution in [0.5, 0.6) is 5.75 Å². The Morgan fingerprint density at radius 3 is 1.72 bits per heavy atom. The first-order chi connectivity index (χ1) is 24.5. The second-order valence-corrected chi connectivity index (χ2v) is 13.2. The Morgan fingerprint density at radius 1 is 0.400 bits per heavy atom. The molecule has 0 fully saturated rings. The van der Waals surface area contributed by atoms with Gasteiger partial charge in [-0.1, -0.05) is 140 Å². The van der Waals surface area contributed by atoms with Gasteiger partial charge in [-0.3, -0.25) is 0 Å². The lowest BCUT2D eigenvalue weighted by molar-refractivity contribution is 0.106. The van der Waals surface area contributed by atoms with Crippen LogP contribution in [0.3, 0.4) is 0 Å². The summed E-state index contributed by atoms with van der Waals surface area (Å²) in [5.41, 5.74) is 10.4. The topological polar surface area (TPSA) is 47.9 Å². The summed E-state index contributed by atoms with van der Waals surface area (Å²) in [5.74, 6) is 2.82. The number of hydrogen-bond acceptors (Lipinski definition) is 4. The predicted octanol–water partition coefficient (Wildman–Crippen LogP) is 11.7. The van der Waals surface area contributed by atoms with E-state index in [2.05, 4.69) is 129 Å². The molecular formula is C46H33N3O. The minimum atomic E-state index is -0.483. The second kappa shape index (κ2) is 11.9. The zero-order chi connectivity index (χ0) is 33.7. The van der Waals surface area contributed by atoms with Crippen LogP contribution < -0.4 is 4.74 Å². The molecule has 0 unspecified atom stereocenters. The number of hydrogen-bond donors (Lipinski definition) is 0. The van der Waals surface area contributed by atoms with Crippen molar-refractivity contribution < 1.29 is 4.74 Å². The van der Waals surface area contributed by atoms with Crippen molar-refractivity contribution in [1.82, 2.24) is 15.0 Å². The van der Waals surface area contributed by atoms with Crippen LogP contribution in [0.1, 0.15) is 19.4 Å². The molecule has 0 N–H and O–H groups in total. The van der Waals surface area contributed by atoms with Crippen LogP contribution in [0, 0.1) is 0 Å². The molecule has 1 aromatic heterocycles. The first kappa shape index (κ1) is 29.7. The first-order valence-electron chi connectivity index (χ1n) is 16.9. The van der Waals surface area contributed by atoms with Crippen molar-refractivity contribution in [2.24, 2.45) is 0 Å². The molecule has 0 amide bonds. The van der Waals surface area contributed by atoms with Gasteiger partial charge in [0.15, 0.2) is 17.5 Å². The van der Waals surface area contributed by atoms with Crippen molar-refractivity contribution in [3.63, 3.8) is 0 Å². The van der Waals surface area contributed by atoms with E-state index in [4.69, 9.17) is 19.7 Å². The summed E-state index contributed by atoms with van der Waals surface area (Å²) in [7, 11) is 0. The Balaban J connectivity index is 1.21. The van der Waals surface area contributed by atoms with Gasteiger partial charge >= 0.3 is 0 Å². The van der Waals surface area contributed by atoms with Crippen LogP contribution in [0.25, 0.3) is 78.3 Å². The van der Waals surface area contributed by atoms with Crippen molar-refractivity contribution in [3.05, 3.63) is 169 Å². The summed E-state index contributed by atoms with van der Waals surface area (Å²) < 4.78 is 6.52. The number of ether oxygens (including phenoxy) is 1. The van der Waals surface area contributed by atoms with Crippen LogP contribution in [0.15, 0.2) is 164 Å². The van der Waals surface area contributed by atoms with Crippen LogP contribution in [0.4, 0.5) is 0 Å². The van der Waals surface area contributed by atoms with Crippen LogP contribution in [0.2, 0.25) is 0 Å². The molecule has 0 saturated heterocycles. The number of benzene rings is 7. The fourth-order valence-corrected chi connectivity index (χ4v) is 7.01. The Morgan fingerprint density at radius 2 is 0.960 bits per heavy atom. The molecule has 0 spiro atoms. The summed E-state index contributed by atoms with van der Waals surface area (Å²) in [4.78, 5) is 15.3. The quantitative estimate of drug-likeness (QED) is 0.187. The van der Waals surface area contributed by atoms with Gasteiger partial charge < -0.3 is 4.74 Å². The minimum absolute atomic E-state index is 0.483. The average Bonchev–Trinajstić information content (AvgIpc) is 3.18. The van der Waals surface area contributed by atoms with Gasteiger partial charge in [0.2, 0.25) is 0 Å². The lowest BCUT2D eigenvalue weighted by atomic mass is 9.84. The zero-order valence-electron chi connectivity index (χ0n) is 27.8. The van der Waals surface area contributed by atoms with Crippen molar-refractivity contribution in [2.45, 2.75) is 19.4 Å². The molecule has 8 aromatic rings. The summed E-state index contributed by atoms with van der Waals surface area (Å²) in [5, 5.41) is 2.21. The minimum Gasteiger partial charge on any atom is -0.482 e. The molecule has 4 heteroatoms. The monoisotopic (exact) mass is 643 g/mol. The van der Waals surface area contributed by atoms with Gasteiger partial charge in [-0.25, -0.2) is 15.0 Å². The molecule has 1 aliphatic heterocycles. The predicted molar refractivity (Wildman–Crippen MR) is 204 cm³/mol. The number of nitrogens with zero attached hydrogens (tertiary/aromatic N) is 3. The van der Waals surface area contributed by atoms with E-state index in [-0.39, 0.29) is 0 Å². The molecule has 9 rings (SSSR count). The van der Waals surface area contributed by atoms with Crippen molar-refractivity contribution in [2.75, 3.05) is 0 Å². The molecule has 0 saturated carbocycles. The van der Waals surface area contributed by atoms with E-state index in [0.29, 0.717) is 17.5 Å². The third-order valence-electron chi connectivity index (χ3n) is 9.56. The fourth-order valence-electron chi connectivity index (χ4n) is 7.01. The fraction of sp³-hybridized carbons (Fsp3) is 0.0652. The van der Waals surface area contributed by atoms with Gasteiger partial charge in [0.1, 0.15) is 11.4 Å².